The molecule has 2 aromatic rings. The monoisotopic (exact) mass is 340 g/mol. The van der Waals surface area contributed by atoms with Crippen LogP contribution in [-0.4, -0.2) is 21.8 Å². The van der Waals surface area contributed by atoms with Gasteiger partial charge in [0.1, 0.15) is 0 Å². The topological polar surface area (TPSA) is 53.2 Å². The largest absolute Gasteiger partial charge is 0.335 e. The molecule has 1 heterocycles. The Balaban J connectivity index is 1.93. The molecule has 1 aliphatic rings. The number of pyridine rings is 1. The molecule has 0 spiro atoms. The summed E-state index contributed by atoms with van der Waals surface area (Å²) in [4.78, 5) is 30.0. The Kier molecular flexibility index (Phi) is 5.57. The van der Waals surface area contributed by atoms with E-state index >= 15 is 0 Å². The van der Waals surface area contributed by atoms with E-state index in [-0.39, 0.29) is 17.5 Å². The van der Waals surface area contributed by atoms with Crippen molar-refractivity contribution in [3.8, 4) is 0 Å². The molecule has 3 rings (SSSR count). The summed E-state index contributed by atoms with van der Waals surface area (Å²) >= 11 is 0. The maximum absolute atomic E-state index is 12.5. The fourth-order valence-corrected chi connectivity index (χ4v) is 3.84. The molecule has 0 unspecified atom stereocenters. The number of rotatable bonds is 5. The summed E-state index contributed by atoms with van der Waals surface area (Å²) in [7, 11) is 0. The van der Waals surface area contributed by atoms with Gasteiger partial charge < -0.3 is 9.88 Å². The molecule has 0 radical (unpaired) electrons. The number of carbonyl (C=O) groups excluding carboxylic acids is 1. The van der Waals surface area contributed by atoms with Crippen LogP contribution < -0.4 is 5.56 Å². The molecule has 0 aliphatic heterocycles. The van der Waals surface area contributed by atoms with Crippen molar-refractivity contribution >= 4 is 16.8 Å². The Bertz CT molecular complexity index is 803. The van der Waals surface area contributed by atoms with E-state index in [1.54, 1.807) is 0 Å². The summed E-state index contributed by atoms with van der Waals surface area (Å²) in [6, 6.07) is 8.38. The minimum Gasteiger partial charge on any atom is -0.335 e. The lowest BCUT2D eigenvalue weighted by molar-refractivity contribution is -0.134. The van der Waals surface area contributed by atoms with Crippen LogP contribution in [0, 0.1) is 0 Å². The van der Waals surface area contributed by atoms with Gasteiger partial charge in [0.15, 0.2) is 0 Å². The second-order valence-corrected chi connectivity index (χ2v) is 7.07. The van der Waals surface area contributed by atoms with Gasteiger partial charge in [0.05, 0.1) is 6.54 Å². The second-order valence-electron chi connectivity index (χ2n) is 7.07. The summed E-state index contributed by atoms with van der Waals surface area (Å²) in [6.07, 6.45) is 7.16. The molecule has 0 saturated heterocycles. The number of hydrogen-bond acceptors (Lipinski definition) is 2. The normalized spacial score (nSPS) is 15.4. The maximum atomic E-state index is 12.5. The second kappa shape index (κ2) is 7.85. The molecule has 1 amide bonds. The number of nitrogens with zero attached hydrogens (tertiary/aromatic N) is 1. The number of aryl methyl sites for hydroxylation is 1. The van der Waals surface area contributed by atoms with Crippen molar-refractivity contribution in [2.24, 2.45) is 0 Å². The van der Waals surface area contributed by atoms with Gasteiger partial charge in [0, 0.05) is 23.5 Å². The first kappa shape index (κ1) is 17.7. The molecule has 134 valence electrons. The Morgan fingerprint density at radius 3 is 2.60 bits per heavy atom. The lowest BCUT2D eigenvalue weighted by atomic mass is 9.93. The Morgan fingerprint density at radius 2 is 1.92 bits per heavy atom. The van der Waals surface area contributed by atoms with Crippen LogP contribution in [0.3, 0.4) is 0 Å². The van der Waals surface area contributed by atoms with E-state index in [0.29, 0.717) is 18.5 Å². The Hall–Kier alpha value is -2.10. The lowest BCUT2D eigenvalue weighted by Gasteiger charge is -2.34. The van der Waals surface area contributed by atoms with Crippen molar-refractivity contribution < 1.29 is 4.79 Å². The number of aromatic amines is 1. The Labute approximate surface area is 149 Å². The lowest BCUT2D eigenvalue weighted by Crippen LogP contribution is -2.41. The summed E-state index contributed by atoms with van der Waals surface area (Å²) in [5.74, 6) is 0.147. The predicted octanol–water partition coefficient (Wildman–Crippen LogP) is 4.16. The first-order chi connectivity index (χ1) is 12.1. The quantitative estimate of drug-likeness (QED) is 0.888. The smallest absolute Gasteiger partial charge is 0.253 e. The zero-order valence-corrected chi connectivity index (χ0v) is 15.3. The van der Waals surface area contributed by atoms with Gasteiger partial charge in [-0.2, -0.15) is 0 Å². The summed E-state index contributed by atoms with van der Waals surface area (Å²) in [5.41, 5.74) is 2.71. The molecule has 4 heteroatoms. The third-order valence-electron chi connectivity index (χ3n) is 5.37. The summed E-state index contributed by atoms with van der Waals surface area (Å²) in [6.45, 7) is 4.44. The number of amides is 1. The van der Waals surface area contributed by atoms with Gasteiger partial charge >= 0.3 is 0 Å². The SMILES string of the molecule is CCC(=O)N(Cc1cc2cc(CC)ccc2[nH]c1=O)C1CCCCC1. The van der Waals surface area contributed by atoms with E-state index in [1.165, 1.54) is 24.8 Å². The number of carbonyl (C=O) groups is 1. The minimum absolute atomic E-state index is 0.0820. The van der Waals surface area contributed by atoms with Gasteiger partial charge in [-0.25, -0.2) is 0 Å². The Morgan fingerprint density at radius 1 is 1.16 bits per heavy atom. The van der Waals surface area contributed by atoms with E-state index < -0.39 is 0 Å². The molecule has 1 fully saturated rings. The van der Waals surface area contributed by atoms with Crippen LogP contribution in [0.1, 0.15) is 63.5 Å². The highest BCUT2D eigenvalue weighted by Crippen LogP contribution is 2.25. The van der Waals surface area contributed by atoms with Crippen molar-refractivity contribution in [2.75, 3.05) is 0 Å². The summed E-state index contributed by atoms with van der Waals surface area (Å²) < 4.78 is 0. The molecule has 4 nitrogen and oxygen atoms in total. The third kappa shape index (κ3) is 3.94. The molecule has 1 aliphatic carbocycles. The predicted molar refractivity (Wildman–Crippen MR) is 102 cm³/mol. The van der Waals surface area contributed by atoms with Crippen LogP contribution in [0.2, 0.25) is 0 Å². The van der Waals surface area contributed by atoms with Crippen LogP contribution in [0.25, 0.3) is 10.9 Å². The van der Waals surface area contributed by atoms with E-state index in [9.17, 15) is 9.59 Å². The number of benzene rings is 1. The van der Waals surface area contributed by atoms with Crippen LogP contribution in [0.4, 0.5) is 0 Å². The van der Waals surface area contributed by atoms with E-state index in [1.807, 2.05) is 30.0 Å². The van der Waals surface area contributed by atoms with E-state index in [4.69, 9.17) is 0 Å². The van der Waals surface area contributed by atoms with Crippen LogP contribution in [0.15, 0.2) is 29.1 Å². The third-order valence-corrected chi connectivity index (χ3v) is 5.37. The van der Waals surface area contributed by atoms with Gasteiger partial charge in [-0.15, -0.1) is 0 Å². The highest BCUT2D eigenvalue weighted by atomic mass is 16.2. The average Bonchev–Trinajstić information content (AvgIpc) is 2.66. The fraction of sp³-hybridized carbons (Fsp3) is 0.524. The molecule has 1 N–H and O–H groups in total. The molecular weight excluding hydrogens is 312 g/mol. The number of H-pyrrole nitrogens is 1. The molecule has 0 atom stereocenters. The molecule has 1 aromatic heterocycles. The van der Waals surface area contributed by atoms with Crippen molar-refractivity contribution in [1.29, 1.82) is 0 Å². The molecule has 25 heavy (non-hydrogen) atoms. The van der Waals surface area contributed by atoms with Crippen molar-refractivity contribution in [2.45, 2.75) is 71.4 Å². The standard InChI is InChI=1S/C21H28N2O2/c1-3-15-10-11-19-16(12-15)13-17(21(25)22-19)14-23(20(24)4-2)18-8-6-5-7-9-18/h10-13,18H,3-9,14H2,1-2H3,(H,22,25). The van der Waals surface area contributed by atoms with Crippen LogP contribution >= 0.6 is 0 Å². The highest BCUT2D eigenvalue weighted by molar-refractivity contribution is 5.80. The first-order valence-corrected chi connectivity index (χ1v) is 9.56. The van der Waals surface area contributed by atoms with Gasteiger partial charge in [0.2, 0.25) is 5.91 Å². The first-order valence-electron chi connectivity index (χ1n) is 9.56. The number of hydrogen-bond donors (Lipinski definition) is 1. The molecule has 1 saturated carbocycles. The number of fused-ring (bicyclic) bond motifs is 1. The summed E-state index contributed by atoms with van der Waals surface area (Å²) in [5, 5.41) is 1.04. The number of aromatic nitrogens is 1. The fourth-order valence-electron chi connectivity index (χ4n) is 3.84. The van der Waals surface area contributed by atoms with Crippen LogP contribution in [0.5, 0.6) is 0 Å². The highest BCUT2D eigenvalue weighted by Gasteiger charge is 2.25. The zero-order valence-electron chi connectivity index (χ0n) is 15.3. The maximum Gasteiger partial charge on any atom is 0.253 e. The minimum atomic E-state index is -0.0820. The van der Waals surface area contributed by atoms with Crippen molar-refractivity contribution in [3.05, 3.63) is 45.7 Å². The molecule has 0 bridgehead atoms. The van der Waals surface area contributed by atoms with E-state index in [0.717, 1.165) is 30.2 Å². The molecule has 1 aromatic carbocycles. The van der Waals surface area contributed by atoms with Crippen molar-refractivity contribution in [3.63, 3.8) is 0 Å². The van der Waals surface area contributed by atoms with Gasteiger partial charge in [-0.05, 0) is 48.4 Å². The van der Waals surface area contributed by atoms with Crippen molar-refractivity contribution in [1.82, 2.24) is 9.88 Å². The van der Waals surface area contributed by atoms with Crippen LogP contribution in [-0.2, 0) is 17.8 Å². The average molecular weight is 340 g/mol. The van der Waals surface area contributed by atoms with Gasteiger partial charge in [-0.3, -0.25) is 9.59 Å². The van der Waals surface area contributed by atoms with Gasteiger partial charge in [0.25, 0.3) is 5.56 Å². The van der Waals surface area contributed by atoms with E-state index in [2.05, 4.69) is 18.0 Å². The molecular formula is C21H28N2O2. The zero-order chi connectivity index (χ0) is 17.8. The number of nitrogens with one attached hydrogen (secondary N) is 1. The van der Waals surface area contributed by atoms with Gasteiger partial charge in [-0.1, -0.05) is 39.2 Å².